The van der Waals surface area contributed by atoms with E-state index in [1.807, 2.05) is 0 Å². The maximum Gasteiger partial charge on any atom is -0.00367 e. The normalized spacial score (nSPS) is 8.71. The van der Waals surface area contributed by atoms with Crippen LogP contribution in [0.2, 0.25) is 0 Å². The van der Waals surface area contributed by atoms with Gasteiger partial charge >= 0.3 is 0 Å². The lowest BCUT2D eigenvalue weighted by Crippen LogP contribution is -2.04. The Kier molecular flexibility index (Phi) is 12.3. The quantitative estimate of drug-likeness (QED) is 0.732. The smallest absolute Gasteiger partial charge is 0.00367 e. The molecule has 2 nitrogen and oxygen atoms in total. The van der Waals surface area contributed by atoms with Crippen molar-refractivity contribution < 1.29 is 0 Å². The molecule has 1 aromatic rings. The lowest BCUT2D eigenvalue weighted by molar-refractivity contribution is 0.949. The lowest BCUT2D eigenvalue weighted by Gasteiger charge is -2.01. The highest BCUT2D eigenvalue weighted by molar-refractivity contribution is 14.0. The first kappa shape index (κ1) is 17.0. The molecule has 0 radical (unpaired) electrons. The highest BCUT2D eigenvalue weighted by atomic mass is 127. The average Bonchev–Trinajstić information content (AvgIpc) is 2.09. The van der Waals surface area contributed by atoms with E-state index in [9.17, 15) is 0 Å². The van der Waals surface area contributed by atoms with Crippen molar-refractivity contribution in [1.82, 2.24) is 0 Å². The molecule has 0 fully saturated rings. The summed E-state index contributed by atoms with van der Waals surface area (Å²) < 4.78 is 0. The Morgan fingerprint density at radius 1 is 0.714 bits per heavy atom. The molecule has 0 aliphatic heterocycles. The van der Waals surface area contributed by atoms with Gasteiger partial charge in [0.05, 0.1) is 0 Å². The van der Waals surface area contributed by atoms with E-state index in [0.717, 1.165) is 25.9 Å². The van der Waals surface area contributed by atoms with Gasteiger partial charge in [0.15, 0.2) is 0 Å². The summed E-state index contributed by atoms with van der Waals surface area (Å²) in [6.07, 6.45) is 1.92. The van der Waals surface area contributed by atoms with Gasteiger partial charge in [-0.1, -0.05) is 24.3 Å². The zero-order valence-electron chi connectivity index (χ0n) is 8.11. The van der Waals surface area contributed by atoms with Gasteiger partial charge in [0.25, 0.3) is 0 Å². The van der Waals surface area contributed by atoms with Crippen LogP contribution in [0.25, 0.3) is 0 Å². The second kappa shape index (κ2) is 10.1. The number of halogens is 2. The van der Waals surface area contributed by atoms with Crippen molar-refractivity contribution in [3.63, 3.8) is 0 Å². The number of hydrogen-bond acceptors (Lipinski definition) is 2. The van der Waals surface area contributed by atoms with E-state index in [-0.39, 0.29) is 48.0 Å². The van der Waals surface area contributed by atoms with Gasteiger partial charge in [0, 0.05) is 0 Å². The third kappa shape index (κ3) is 6.15. The molecule has 0 amide bonds. The van der Waals surface area contributed by atoms with Crippen molar-refractivity contribution in [2.24, 2.45) is 11.5 Å². The maximum absolute atomic E-state index is 5.44. The van der Waals surface area contributed by atoms with Gasteiger partial charge in [-0.2, -0.15) is 0 Å². The predicted octanol–water partition coefficient (Wildman–Crippen LogP) is 1.93. The van der Waals surface area contributed by atoms with Crippen molar-refractivity contribution in [3.05, 3.63) is 35.4 Å². The van der Waals surface area contributed by atoms with Gasteiger partial charge in [-0.25, -0.2) is 0 Å². The van der Waals surface area contributed by atoms with E-state index < -0.39 is 0 Å². The number of rotatable bonds is 4. The molecule has 4 heteroatoms. The van der Waals surface area contributed by atoms with E-state index >= 15 is 0 Å². The summed E-state index contributed by atoms with van der Waals surface area (Å²) >= 11 is 0. The Hall–Kier alpha value is 0.600. The van der Waals surface area contributed by atoms with Gasteiger partial charge in [-0.3, -0.25) is 0 Å². The molecule has 4 N–H and O–H groups in total. The Morgan fingerprint density at radius 2 is 1.00 bits per heavy atom. The molecule has 0 saturated heterocycles. The van der Waals surface area contributed by atoms with Crippen molar-refractivity contribution in [3.8, 4) is 0 Å². The average molecular weight is 420 g/mol. The Morgan fingerprint density at radius 3 is 1.21 bits per heavy atom. The molecule has 82 valence electrons. The first-order valence-electron chi connectivity index (χ1n) is 4.34. The van der Waals surface area contributed by atoms with Gasteiger partial charge in [0.2, 0.25) is 0 Å². The van der Waals surface area contributed by atoms with E-state index in [2.05, 4.69) is 24.3 Å². The number of hydrogen-bond donors (Lipinski definition) is 2. The highest BCUT2D eigenvalue weighted by Crippen LogP contribution is 2.04. The van der Waals surface area contributed by atoms with Crippen LogP contribution in [0, 0.1) is 0 Å². The zero-order chi connectivity index (χ0) is 8.81. The molecule has 0 spiro atoms. The Bertz CT molecular complexity index is 199. The van der Waals surface area contributed by atoms with Crippen LogP contribution in [0.15, 0.2) is 24.3 Å². The molecule has 0 atom stereocenters. The van der Waals surface area contributed by atoms with Crippen LogP contribution >= 0.6 is 48.0 Å². The molecular formula is C10H18I2N2. The minimum Gasteiger partial charge on any atom is -0.330 e. The summed E-state index contributed by atoms with van der Waals surface area (Å²) in [5.74, 6) is 0. The second-order valence-corrected chi connectivity index (χ2v) is 2.89. The molecule has 0 aliphatic rings. The van der Waals surface area contributed by atoms with E-state index in [1.165, 1.54) is 11.1 Å². The van der Waals surface area contributed by atoms with E-state index in [4.69, 9.17) is 11.5 Å². The van der Waals surface area contributed by atoms with E-state index in [0.29, 0.717) is 0 Å². The molecular weight excluding hydrogens is 402 g/mol. The largest absolute Gasteiger partial charge is 0.330 e. The predicted molar refractivity (Wildman–Crippen MR) is 82.8 cm³/mol. The molecule has 14 heavy (non-hydrogen) atoms. The topological polar surface area (TPSA) is 52.0 Å². The fraction of sp³-hybridized carbons (Fsp3) is 0.400. The first-order valence-corrected chi connectivity index (χ1v) is 4.34. The van der Waals surface area contributed by atoms with E-state index in [1.54, 1.807) is 0 Å². The fourth-order valence-electron chi connectivity index (χ4n) is 1.21. The molecule has 0 aromatic heterocycles. The highest BCUT2D eigenvalue weighted by Gasteiger charge is 1.92. The minimum atomic E-state index is 0. The SMILES string of the molecule is I.I.NCCc1ccc(CCN)cc1. The van der Waals surface area contributed by atoms with Crippen LogP contribution in [0.4, 0.5) is 0 Å². The van der Waals surface area contributed by atoms with Crippen LogP contribution in [-0.4, -0.2) is 13.1 Å². The molecule has 1 aromatic carbocycles. The van der Waals surface area contributed by atoms with Crippen LogP contribution in [-0.2, 0) is 12.8 Å². The fourth-order valence-corrected chi connectivity index (χ4v) is 1.21. The summed E-state index contributed by atoms with van der Waals surface area (Å²) in [5.41, 5.74) is 13.5. The van der Waals surface area contributed by atoms with Crippen molar-refractivity contribution in [2.45, 2.75) is 12.8 Å². The summed E-state index contributed by atoms with van der Waals surface area (Å²) in [4.78, 5) is 0. The lowest BCUT2D eigenvalue weighted by atomic mass is 10.1. The number of benzene rings is 1. The van der Waals surface area contributed by atoms with Gasteiger partial charge < -0.3 is 11.5 Å². The van der Waals surface area contributed by atoms with Gasteiger partial charge in [-0.05, 0) is 37.1 Å². The van der Waals surface area contributed by atoms with Crippen molar-refractivity contribution in [1.29, 1.82) is 0 Å². The van der Waals surface area contributed by atoms with Crippen LogP contribution < -0.4 is 11.5 Å². The van der Waals surface area contributed by atoms with Crippen LogP contribution in [0.5, 0.6) is 0 Å². The third-order valence-corrected chi connectivity index (χ3v) is 1.89. The van der Waals surface area contributed by atoms with Crippen LogP contribution in [0.1, 0.15) is 11.1 Å². The maximum atomic E-state index is 5.44. The molecule has 0 saturated carbocycles. The molecule has 0 aliphatic carbocycles. The molecule has 0 heterocycles. The minimum absolute atomic E-state index is 0. The Balaban J connectivity index is 0. The van der Waals surface area contributed by atoms with Crippen LogP contribution in [0.3, 0.4) is 0 Å². The summed E-state index contributed by atoms with van der Waals surface area (Å²) in [5, 5.41) is 0. The zero-order valence-corrected chi connectivity index (χ0v) is 12.8. The molecule has 0 unspecified atom stereocenters. The standard InChI is InChI=1S/C10H16N2.2HI/c11-7-5-9-1-2-10(4-3-9)6-8-12;;/h1-4H,5-8,11-12H2;2*1H. The van der Waals surface area contributed by atoms with Gasteiger partial charge in [-0.15, -0.1) is 48.0 Å². The van der Waals surface area contributed by atoms with Gasteiger partial charge in [0.1, 0.15) is 0 Å². The second-order valence-electron chi connectivity index (χ2n) is 2.89. The number of nitrogens with two attached hydrogens (primary N) is 2. The Labute approximate surface area is 120 Å². The first-order chi connectivity index (χ1) is 5.86. The third-order valence-electron chi connectivity index (χ3n) is 1.89. The summed E-state index contributed by atoms with van der Waals surface area (Å²) in [7, 11) is 0. The summed E-state index contributed by atoms with van der Waals surface area (Å²) in [6.45, 7) is 1.44. The summed E-state index contributed by atoms with van der Waals surface area (Å²) in [6, 6.07) is 8.49. The monoisotopic (exact) mass is 420 g/mol. The molecule has 0 bridgehead atoms. The van der Waals surface area contributed by atoms with Crippen molar-refractivity contribution in [2.75, 3.05) is 13.1 Å². The van der Waals surface area contributed by atoms with Crippen molar-refractivity contribution >= 4 is 48.0 Å². The molecule has 1 rings (SSSR count).